The number of benzene rings is 2. The molecule has 1 atom stereocenters. The molecule has 6 nitrogen and oxygen atoms in total. The van der Waals surface area contributed by atoms with E-state index in [1.807, 2.05) is 24.3 Å². The van der Waals surface area contributed by atoms with E-state index in [0.29, 0.717) is 29.3 Å². The normalized spacial score (nSPS) is 18.3. The summed E-state index contributed by atoms with van der Waals surface area (Å²) in [5, 5.41) is 16.2. The highest BCUT2D eigenvalue weighted by atomic mass is 35.5. The summed E-state index contributed by atoms with van der Waals surface area (Å²) in [7, 11) is 1.45. The van der Waals surface area contributed by atoms with E-state index in [1.54, 1.807) is 12.1 Å². The van der Waals surface area contributed by atoms with Crippen molar-refractivity contribution < 1.29 is 19.4 Å². The molecule has 2 aromatic carbocycles. The molecule has 7 heteroatoms. The molecule has 3 rings (SSSR count). The number of hydrogen-bond acceptors (Lipinski definition) is 4. The molecular formula is C20H21ClN2O4. The van der Waals surface area contributed by atoms with Gasteiger partial charge in [-0.3, -0.25) is 9.59 Å². The van der Waals surface area contributed by atoms with Gasteiger partial charge in [0.05, 0.1) is 18.4 Å². The number of halogens is 1. The van der Waals surface area contributed by atoms with Crippen molar-refractivity contribution >= 4 is 29.1 Å². The van der Waals surface area contributed by atoms with E-state index >= 15 is 0 Å². The maximum Gasteiger partial charge on any atom is 0.313 e. The first-order valence-electron chi connectivity index (χ1n) is 8.62. The van der Waals surface area contributed by atoms with Crippen molar-refractivity contribution in [2.45, 2.75) is 24.9 Å². The lowest BCUT2D eigenvalue weighted by Gasteiger charge is -2.33. The Bertz CT molecular complexity index is 871. The minimum Gasteiger partial charge on any atom is -0.495 e. The Kier molecular flexibility index (Phi) is 5.68. The molecule has 1 aliphatic carbocycles. The fraction of sp³-hybridized carbons (Fsp3) is 0.300. The van der Waals surface area contributed by atoms with Gasteiger partial charge in [-0.05, 0) is 42.2 Å². The van der Waals surface area contributed by atoms with Crippen LogP contribution in [0.1, 0.15) is 17.5 Å². The summed E-state index contributed by atoms with van der Waals surface area (Å²) in [4.78, 5) is 24.3. The maximum atomic E-state index is 12.2. The van der Waals surface area contributed by atoms with Gasteiger partial charge in [0.15, 0.2) is 0 Å². The second kappa shape index (κ2) is 7.98. The summed E-state index contributed by atoms with van der Waals surface area (Å²) in [5.74, 6) is -1.29. The summed E-state index contributed by atoms with van der Waals surface area (Å²) < 4.78 is 5.14. The number of carbonyl (C=O) groups is 2. The highest BCUT2D eigenvalue weighted by molar-refractivity contribution is 6.40. The van der Waals surface area contributed by atoms with Crippen molar-refractivity contribution in [2.24, 2.45) is 0 Å². The van der Waals surface area contributed by atoms with E-state index in [0.717, 1.165) is 12.0 Å². The van der Waals surface area contributed by atoms with E-state index in [9.17, 15) is 14.7 Å². The van der Waals surface area contributed by atoms with Crippen LogP contribution in [-0.4, -0.2) is 36.2 Å². The van der Waals surface area contributed by atoms with Crippen molar-refractivity contribution in [1.82, 2.24) is 5.32 Å². The molecule has 0 unspecified atom stereocenters. The Hall–Kier alpha value is -2.57. The summed E-state index contributed by atoms with van der Waals surface area (Å²) in [5.41, 5.74) is 1.50. The van der Waals surface area contributed by atoms with Gasteiger partial charge in [-0.1, -0.05) is 35.9 Å². The Morgan fingerprint density at radius 1 is 1.19 bits per heavy atom. The second-order valence-corrected chi connectivity index (χ2v) is 7.09. The van der Waals surface area contributed by atoms with Crippen LogP contribution in [0, 0.1) is 0 Å². The van der Waals surface area contributed by atoms with Crippen molar-refractivity contribution in [1.29, 1.82) is 0 Å². The minimum absolute atomic E-state index is 0.000266. The molecular weight excluding hydrogens is 368 g/mol. The van der Waals surface area contributed by atoms with Crippen LogP contribution in [0.15, 0.2) is 42.5 Å². The Labute approximate surface area is 162 Å². The van der Waals surface area contributed by atoms with Crippen LogP contribution in [0.25, 0.3) is 0 Å². The van der Waals surface area contributed by atoms with Gasteiger partial charge in [0, 0.05) is 18.0 Å². The standard InChI is InChI=1S/C20H21ClN2O4/c1-27-17-7-6-15(21)10-16(17)23-19(25)18(24)22-12-20(26)9-8-13-4-2-3-5-14(13)11-20/h2-7,10,26H,8-9,11-12H2,1H3,(H,22,24)(H,23,25)/t20-/m1/s1. The number of methoxy groups -OCH3 is 1. The summed E-state index contributed by atoms with van der Waals surface area (Å²) in [6.45, 7) is 0.000266. The third kappa shape index (κ3) is 4.59. The molecule has 0 bridgehead atoms. The smallest absolute Gasteiger partial charge is 0.313 e. The molecule has 1 aliphatic rings. The van der Waals surface area contributed by atoms with Gasteiger partial charge in [-0.2, -0.15) is 0 Å². The van der Waals surface area contributed by atoms with Crippen LogP contribution in [0.5, 0.6) is 5.75 Å². The SMILES string of the molecule is COc1ccc(Cl)cc1NC(=O)C(=O)NC[C@@]1(O)CCc2ccccc2C1. The number of anilines is 1. The third-order valence-electron chi connectivity index (χ3n) is 4.69. The first kappa shape index (κ1) is 19.2. The molecule has 0 aliphatic heterocycles. The lowest BCUT2D eigenvalue weighted by molar-refractivity contribution is -0.136. The highest BCUT2D eigenvalue weighted by Gasteiger charge is 2.33. The first-order valence-corrected chi connectivity index (χ1v) is 9.00. The number of nitrogens with one attached hydrogen (secondary N) is 2. The van der Waals surface area contributed by atoms with Crippen LogP contribution in [0.4, 0.5) is 5.69 Å². The summed E-state index contributed by atoms with van der Waals surface area (Å²) >= 11 is 5.92. The number of hydrogen-bond donors (Lipinski definition) is 3. The number of aryl methyl sites for hydroxylation is 1. The predicted octanol–water partition coefficient (Wildman–Crippen LogP) is 2.32. The van der Waals surface area contributed by atoms with Crippen LogP contribution < -0.4 is 15.4 Å². The number of aliphatic hydroxyl groups is 1. The molecule has 0 spiro atoms. The fourth-order valence-corrected chi connectivity index (χ4v) is 3.39. The van der Waals surface area contributed by atoms with Crippen LogP contribution in [-0.2, 0) is 22.4 Å². The lowest BCUT2D eigenvalue weighted by atomic mass is 9.80. The number of carbonyl (C=O) groups excluding carboxylic acids is 2. The average Bonchev–Trinajstić information content (AvgIpc) is 2.66. The van der Waals surface area contributed by atoms with E-state index < -0.39 is 17.4 Å². The summed E-state index contributed by atoms with van der Waals surface area (Å²) in [6, 6.07) is 12.6. The molecule has 0 saturated carbocycles. The average molecular weight is 389 g/mol. The van der Waals surface area contributed by atoms with Gasteiger partial charge in [0.1, 0.15) is 5.75 Å². The van der Waals surface area contributed by atoms with Gasteiger partial charge in [0.2, 0.25) is 0 Å². The van der Waals surface area contributed by atoms with Crippen molar-refractivity contribution in [2.75, 3.05) is 19.0 Å². The van der Waals surface area contributed by atoms with E-state index in [2.05, 4.69) is 10.6 Å². The maximum absolute atomic E-state index is 12.2. The number of amides is 2. The van der Waals surface area contributed by atoms with Gasteiger partial charge in [-0.25, -0.2) is 0 Å². The monoisotopic (exact) mass is 388 g/mol. The van der Waals surface area contributed by atoms with E-state index in [-0.39, 0.29) is 6.54 Å². The largest absolute Gasteiger partial charge is 0.495 e. The quantitative estimate of drug-likeness (QED) is 0.701. The lowest BCUT2D eigenvalue weighted by Crippen LogP contribution is -2.49. The molecule has 142 valence electrons. The number of ether oxygens (including phenoxy) is 1. The Morgan fingerprint density at radius 2 is 1.93 bits per heavy atom. The number of rotatable bonds is 4. The molecule has 0 radical (unpaired) electrons. The van der Waals surface area contributed by atoms with Crippen molar-refractivity contribution in [3.8, 4) is 5.75 Å². The zero-order valence-corrected chi connectivity index (χ0v) is 15.7. The fourth-order valence-electron chi connectivity index (χ4n) is 3.22. The van der Waals surface area contributed by atoms with Gasteiger partial charge in [-0.15, -0.1) is 0 Å². The molecule has 27 heavy (non-hydrogen) atoms. The minimum atomic E-state index is -1.07. The van der Waals surface area contributed by atoms with E-state index in [4.69, 9.17) is 16.3 Å². The Balaban J connectivity index is 1.59. The van der Waals surface area contributed by atoms with E-state index in [1.165, 1.54) is 18.7 Å². The van der Waals surface area contributed by atoms with Crippen molar-refractivity contribution in [3.05, 3.63) is 58.6 Å². The first-order chi connectivity index (χ1) is 12.9. The van der Waals surface area contributed by atoms with Gasteiger partial charge >= 0.3 is 11.8 Å². The molecule has 0 fully saturated rings. The molecule has 2 aromatic rings. The van der Waals surface area contributed by atoms with Crippen LogP contribution in [0.3, 0.4) is 0 Å². The Morgan fingerprint density at radius 3 is 2.67 bits per heavy atom. The zero-order valence-electron chi connectivity index (χ0n) is 14.9. The van der Waals surface area contributed by atoms with Crippen LogP contribution >= 0.6 is 11.6 Å². The number of fused-ring (bicyclic) bond motifs is 1. The predicted molar refractivity (Wildman–Crippen MR) is 103 cm³/mol. The van der Waals surface area contributed by atoms with Gasteiger partial charge < -0.3 is 20.5 Å². The molecule has 0 saturated heterocycles. The topological polar surface area (TPSA) is 87.7 Å². The summed E-state index contributed by atoms with van der Waals surface area (Å²) in [6.07, 6.45) is 1.69. The zero-order chi connectivity index (χ0) is 19.4. The van der Waals surface area contributed by atoms with Crippen molar-refractivity contribution in [3.63, 3.8) is 0 Å². The molecule has 0 heterocycles. The second-order valence-electron chi connectivity index (χ2n) is 6.65. The molecule has 2 amide bonds. The highest BCUT2D eigenvalue weighted by Crippen LogP contribution is 2.29. The third-order valence-corrected chi connectivity index (χ3v) is 4.93. The van der Waals surface area contributed by atoms with Crippen LogP contribution in [0.2, 0.25) is 5.02 Å². The van der Waals surface area contributed by atoms with Gasteiger partial charge in [0.25, 0.3) is 0 Å². The molecule has 0 aromatic heterocycles. The molecule has 3 N–H and O–H groups in total.